The zero-order chi connectivity index (χ0) is 25.5. The molecule has 0 aliphatic carbocycles. The van der Waals surface area contributed by atoms with Crippen molar-refractivity contribution in [3.8, 4) is 17.2 Å². The number of ether oxygens (including phenoxy) is 1. The van der Waals surface area contributed by atoms with E-state index in [1.807, 2.05) is 48.5 Å². The SMILES string of the molecule is CCCCc1nc(C)n(CC(=O)N2CCOCC2)c(=O)c1Cc1ccc(-c2ccccc2C#N)cc1. The number of nitrogens with zero attached hydrogens (tertiary/aromatic N) is 4. The van der Waals surface area contributed by atoms with Crippen LogP contribution in [0, 0.1) is 18.3 Å². The second-order valence-corrected chi connectivity index (χ2v) is 9.10. The third-order valence-corrected chi connectivity index (χ3v) is 6.66. The molecule has 2 heterocycles. The van der Waals surface area contributed by atoms with Crippen molar-refractivity contribution in [1.82, 2.24) is 14.5 Å². The number of nitriles is 1. The average molecular weight is 485 g/mol. The topological polar surface area (TPSA) is 88.2 Å². The van der Waals surface area contributed by atoms with Gasteiger partial charge in [0.2, 0.25) is 5.91 Å². The van der Waals surface area contributed by atoms with Crippen LogP contribution in [0.2, 0.25) is 0 Å². The molecule has 0 saturated carbocycles. The van der Waals surface area contributed by atoms with Crippen LogP contribution in [0.5, 0.6) is 0 Å². The van der Waals surface area contributed by atoms with Gasteiger partial charge in [0.05, 0.1) is 30.5 Å². The van der Waals surface area contributed by atoms with Gasteiger partial charge >= 0.3 is 0 Å². The molecule has 4 rings (SSSR count). The molecule has 0 unspecified atom stereocenters. The molecule has 1 fully saturated rings. The fraction of sp³-hybridized carbons (Fsp3) is 0.379. The number of carbonyl (C=O) groups is 1. The van der Waals surface area contributed by atoms with E-state index in [0.717, 1.165) is 41.6 Å². The lowest BCUT2D eigenvalue weighted by molar-refractivity contribution is -0.136. The Morgan fingerprint density at radius 1 is 1.11 bits per heavy atom. The van der Waals surface area contributed by atoms with Crippen molar-refractivity contribution in [3.63, 3.8) is 0 Å². The van der Waals surface area contributed by atoms with Crippen LogP contribution in [0.3, 0.4) is 0 Å². The molecule has 36 heavy (non-hydrogen) atoms. The first kappa shape index (κ1) is 25.3. The number of aryl methyl sites for hydroxylation is 2. The van der Waals surface area contributed by atoms with Crippen molar-refractivity contribution in [2.24, 2.45) is 0 Å². The molecule has 0 bridgehead atoms. The number of hydrogen-bond acceptors (Lipinski definition) is 5. The van der Waals surface area contributed by atoms with E-state index >= 15 is 0 Å². The fourth-order valence-corrected chi connectivity index (χ4v) is 4.56. The summed E-state index contributed by atoms with van der Waals surface area (Å²) in [6.45, 7) is 6.04. The minimum atomic E-state index is -0.144. The molecule has 0 atom stereocenters. The minimum Gasteiger partial charge on any atom is -0.378 e. The maximum Gasteiger partial charge on any atom is 0.257 e. The maximum atomic E-state index is 13.7. The van der Waals surface area contributed by atoms with Gasteiger partial charge in [0.15, 0.2) is 0 Å². The predicted molar refractivity (Wildman–Crippen MR) is 139 cm³/mol. The van der Waals surface area contributed by atoms with Gasteiger partial charge in [-0.2, -0.15) is 5.26 Å². The molecule has 0 N–H and O–H groups in total. The van der Waals surface area contributed by atoms with E-state index in [1.54, 1.807) is 11.8 Å². The Morgan fingerprint density at radius 3 is 2.53 bits per heavy atom. The minimum absolute atomic E-state index is 0.0113. The van der Waals surface area contributed by atoms with E-state index in [0.29, 0.717) is 49.7 Å². The van der Waals surface area contributed by atoms with Gasteiger partial charge in [-0.15, -0.1) is 0 Å². The van der Waals surface area contributed by atoms with Crippen LogP contribution >= 0.6 is 0 Å². The van der Waals surface area contributed by atoms with Crippen molar-refractivity contribution in [2.45, 2.75) is 46.1 Å². The lowest BCUT2D eigenvalue weighted by Crippen LogP contribution is -2.44. The summed E-state index contributed by atoms with van der Waals surface area (Å²) in [6, 6.07) is 17.7. The van der Waals surface area contributed by atoms with E-state index in [2.05, 4.69) is 13.0 Å². The summed E-state index contributed by atoms with van der Waals surface area (Å²) in [5.74, 6) is 0.484. The van der Waals surface area contributed by atoms with Crippen LogP contribution < -0.4 is 5.56 Å². The van der Waals surface area contributed by atoms with E-state index in [-0.39, 0.29) is 18.0 Å². The summed E-state index contributed by atoms with van der Waals surface area (Å²) >= 11 is 0. The summed E-state index contributed by atoms with van der Waals surface area (Å²) in [5, 5.41) is 9.43. The van der Waals surface area contributed by atoms with Crippen LogP contribution in [-0.2, 0) is 28.9 Å². The maximum absolute atomic E-state index is 13.7. The number of hydrogen-bond donors (Lipinski definition) is 0. The van der Waals surface area contributed by atoms with Crippen molar-refractivity contribution in [1.29, 1.82) is 5.26 Å². The van der Waals surface area contributed by atoms with Gasteiger partial charge in [0.1, 0.15) is 12.4 Å². The van der Waals surface area contributed by atoms with Gasteiger partial charge in [0, 0.05) is 25.1 Å². The Kier molecular flexibility index (Phi) is 8.29. The molecule has 186 valence electrons. The summed E-state index contributed by atoms with van der Waals surface area (Å²) < 4.78 is 6.86. The predicted octanol–water partition coefficient (Wildman–Crippen LogP) is 3.88. The van der Waals surface area contributed by atoms with Crippen LogP contribution in [-0.4, -0.2) is 46.7 Å². The van der Waals surface area contributed by atoms with Crippen molar-refractivity contribution >= 4 is 5.91 Å². The number of amides is 1. The Bertz CT molecular complexity index is 1320. The molecular formula is C29H32N4O3. The van der Waals surface area contributed by atoms with Crippen LogP contribution in [0.1, 0.15) is 48.0 Å². The number of morpholine rings is 1. The molecule has 3 aromatic rings. The summed E-state index contributed by atoms with van der Waals surface area (Å²) in [6.07, 6.45) is 3.12. The Hall–Kier alpha value is -3.76. The van der Waals surface area contributed by atoms with Crippen molar-refractivity contribution in [3.05, 3.63) is 87.1 Å². The molecule has 1 aliphatic rings. The molecular weight excluding hydrogens is 452 g/mol. The number of benzene rings is 2. The quantitative estimate of drug-likeness (QED) is 0.484. The lowest BCUT2D eigenvalue weighted by Gasteiger charge is -2.27. The van der Waals surface area contributed by atoms with Crippen LogP contribution in [0.4, 0.5) is 0 Å². The molecule has 0 spiro atoms. The second kappa shape index (κ2) is 11.8. The van der Waals surface area contributed by atoms with E-state index < -0.39 is 0 Å². The second-order valence-electron chi connectivity index (χ2n) is 9.10. The molecule has 1 amide bonds. The largest absolute Gasteiger partial charge is 0.378 e. The number of rotatable bonds is 8. The fourth-order valence-electron chi connectivity index (χ4n) is 4.56. The third-order valence-electron chi connectivity index (χ3n) is 6.66. The monoisotopic (exact) mass is 484 g/mol. The lowest BCUT2D eigenvalue weighted by atomic mass is 9.97. The van der Waals surface area contributed by atoms with Gasteiger partial charge in [0.25, 0.3) is 5.56 Å². The molecule has 7 heteroatoms. The van der Waals surface area contributed by atoms with Crippen LogP contribution in [0.25, 0.3) is 11.1 Å². The smallest absolute Gasteiger partial charge is 0.257 e. The van der Waals surface area contributed by atoms with Gasteiger partial charge in [-0.1, -0.05) is 55.8 Å². The van der Waals surface area contributed by atoms with Crippen molar-refractivity contribution < 1.29 is 9.53 Å². The number of unbranched alkanes of at least 4 members (excludes halogenated alkanes) is 1. The molecule has 2 aromatic carbocycles. The summed E-state index contributed by atoms with van der Waals surface area (Å²) in [5.41, 5.74) is 4.77. The Labute approximate surface area is 212 Å². The van der Waals surface area contributed by atoms with Gasteiger partial charge in [-0.05, 0) is 42.5 Å². The zero-order valence-electron chi connectivity index (χ0n) is 21.0. The first-order valence-electron chi connectivity index (χ1n) is 12.5. The van der Waals surface area contributed by atoms with E-state index in [4.69, 9.17) is 9.72 Å². The van der Waals surface area contributed by atoms with Crippen molar-refractivity contribution in [2.75, 3.05) is 26.3 Å². The highest BCUT2D eigenvalue weighted by Crippen LogP contribution is 2.24. The van der Waals surface area contributed by atoms with Gasteiger partial charge in [-0.3, -0.25) is 14.2 Å². The van der Waals surface area contributed by atoms with Crippen LogP contribution in [0.15, 0.2) is 53.3 Å². The number of carbonyl (C=O) groups excluding carboxylic acids is 1. The zero-order valence-corrected chi connectivity index (χ0v) is 21.0. The first-order valence-corrected chi connectivity index (χ1v) is 12.5. The molecule has 1 aliphatic heterocycles. The normalized spacial score (nSPS) is 13.4. The third kappa shape index (κ3) is 5.72. The van der Waals surface area contributed by atoms with Gasteiger partial charge in [-0.25, -0.2) is 4.98 Å². The first-order chi connectivity index (χ1) is 17.5. The highest BCUT2D eigenvalue weighted by Gasteiger charge is 2.21. The Morgan fingerprint density at radius 2 is 1.83 bits per heavy atom. The summed E-state index contributed by atoms with van der Waals surface area (Å²) in [7, 11) is 0. The standard InChI is InChI=1S/C29H32N4O3/c1-3-4-9-27-26(18-22-10-12-23(13-11-22)25-8-6-5-7-24(25)19-30)29(35)33(21(2)31-27)20-28(34)32-14-16-36-17-15-32/h5-8,10-13H,3-4,9,14-18,20H2,1-2H3. The van der Waals surface area contributed by atoms with E-state index in [9.17, 15) is 14.9 Å². The molecule has 7 nitrogen and oxygen atoms in total. The van der Waals surface area contributed by atoms with E-state index in [1.165, 1.54) is 4.57 Å². The molecule has 1 saturated heterocycles. The Balaban J connectivity index is 1.63. The van der Waals surface area contributed by atoms with Gasteiger partial charge < -0.3 is 9.64 Å². The molecule has 1 aromatic heterocycles. The summed E-state index contributed by atoms with van der Waals surface area (Å²) in [4.78, 5) is 33.1. The highest BCUT2D eigenvalue weighted by molar-refractivity contribution is 5.76. The number of aromatic nitrogens is 2. The molecule has 0 radical (unpaired) electrons. The average Bonchev–Trinajstić information content (AvgIpc) is 2.92. The highest BCUT2D eigenvalue weighted by atomic mass is 16.5.